The summed E-state index contributed by atoms with van der Waals surface area (Å²) in [5.41, 5.74) is -0.749. The Morgan fingerprint density at radius 3 is 2.33 bits per heavy atom. The highest BCUT2D eigenvalue weighted by molar-refractivity contribution is 7.93. The molecule has 1 aromatic carbocycles. The van der Waals surface area contributed by atoms with Gasteiger partial charge in [-0.25, -0.2) is 8.42 Å². The van der Waals surface area contributed by atoms with E-state index in [9.17, 15) is 31.7 Å². The molecular weight excluding hydrogens is 335 g/mol. The van der Waals surface area contributed by atoms with Gasteiger partial charge in [0.25, 0.3) is 5.69 Å². The largest absolute Gasteiger partial charge is 0.445 e. The van der Waals surface area contributed by atoms with E-state index >= 15 is 0 Å². The van der Waals surface area contributed by atoms with E-state index in [0.717, 1.165) is 12.1 Å². The number of hydrogen-bond donors (Lipinski definition) is 0. The van der Waals surface area contributed by atoms with Crippen molar-refractivity contribution in [1.29, 1.82) is 0 Å². The molecule has 21 heavy (non-hydrogen) atoms. The standard InChI is InChI=1S/C9H4F3N3O4S2/c10-9(11,12)7-13-14-8(20-7)21(18,19)6-4-2-1-3-5(6)15(16)17/h1-4H. The molecule has 0 aliphatic rings. The Hall–Kier alpha value is -2.08. The predicted molar refractivity (Wildman–Crippen MR) is 63.5 cm³/mol. The topological polar surface area (TPSA) is 103 Å². The first kappa shape index (κ1) is 15.3. The van der Waals surface area contributed by atoms with E-state index in [1.54, 1.807) is 0 Å². The fraction of sp³-hybridized carbons (Fsp3) is 0.111. The van der Waals surface area contributed by atoms with E-state index in [2.05, 4.69) is 10.2 Å². The van der Waals surface area contributed by atoms with E-state index in [1.165, 1.54) is 12.1 Å². The molecule has 0 bridgehead atoms. The second kappa shape index (κ2) is 5.04. The Bertz CT molecular complexity index is 801. The lowest BCUT2D eigenvalue weighted by Gasteiger charge is -2.01. The molecule has 0 N–H and O–H groups in total. The lowest BCUT2D eigenvalue weighted by atomic mass is 10.3. The smallest absolute Gasteiger partial charge is 0.258 e. The molecule has 2 aromatic rings. The number of aromatic nitrogens is 2. The summed E-state index contributed by atoms with van der Waals surface area (Å²) >= 11 is -0.196. The summed E-state index contributed by atoms with van der Waals surface area (Å²) in [6.07, 6.45) is -4.84. The van der Waals surface area contributed by atoms with E-state index in [0.29, 0.717) is 0 Å². The highest BCUT2D eigenvalue weighted by Gasteiger charge is 2.38. The van der Waals surface area contributed by atoms with Crippen LogP contribution in [-0.4, -0.2) is 23.5 Å². The predicted octanol–water partition coefficient (Wildman–Crippen LogP) is 2.30. The molecule has 0 radical (unpaired) electrons. The highest BCUT2D eigenvalue weighted by atomic mass is 32.2. The maximum Gasteiger partial charge on any atom is 0.445 e. The Kier molecular flexibility index (Phi) is 3.67. The lowest BCUT2D eigenvalue weighted by molar-refractivity contribution is -0.387. The van der Waals surface area contributed by atoms with Gasteiger partial charge in [0.1, 0.15) is 0 Å². The van der Waals surface area contributed by atoms with Gasteiger partial charge in [-0.3, -0.25) is 10.1 Å². The van der Waals surface area contributed by atoms with Gasteiger partial charge in [0.2, 0.25) is 19.2 Å². The Balaban J connectivity index is 2.58. The Labute approximate surface area is 119 Å². The van der Waals surface area contributed by atoms with Crippen LogP contribution in [0.25, 0.3) is 0 Å². The van der Waals surface area contributed by atoms with Crippen molar-refractivity contribution in [2.24, 2.45) is 0 Å². The van der Waals surface area contributed by atoms with Gasteiger partial charge in [-0.15, -0.1) is 10.2 Å². The number of rotatable bonds is 3. The average Bonchev–Trinajstić information content (AvgIpc) is 2.88. The first-order valence-corrected chi connectivity index (χ1v) is 7.33. The summed E-state index contributed by atoms with van der Waals surface area (Å²) in [5, 5.41) is 15.1. The van der Waals surface area contributed by atoms with Crippen LogP contribution in [0.2, 0.25) is 0 Å². The molecule has 7 nitrogen and oxygen atoms in total. The molecule has 1 aromatic heterocycles. The van der Waals surface area contributed by atoms with Crippen LogP contribution in [0, 0.1) is 10.1 Å². The van der Waals surface area contributed by atoms with Crippen LogP contribution in [0.5, 0.6) is 0 Å². The third-order valence-electron chi connectivity index (χ3n) is 2.23. The number of nitro groups is 1. The Morgan fingerprint density at radius 1 is 1.19 bits per heavy atom. The van der Waals surface area contributed by atoms with Crippen molar-refractivity contribution in [2.45, 2.75) is 15.4 Å². The van der Waals surface area contributed by atoms with Crippen molar-refractivity contribution in [3.05, 3.63) is 39.4 Å². The summed E-state index contributed by atoms with van der Waals surface area (Å²) in [7, 11) is -4.55. The number of alkyl halides is 3. The zero-order valence-corrected chi connectivity index (χ0v) is 11.4. The first-order valence-electron chi connectivity index (χ1n) is 5.03. The summed E-state index contributed by atoms with van der Waals surface area (Å²) in [5.74, 6) is 0. The van der Waals surface area contributed by atoms with Gasteiger partial charge >= 0.3 is 6.18 Å². The molecule has 112 valence electrons. The maximum atomic E-state index is 12.4. The van der Waals surface area contributed by atoms with Crippen LogP contribution in [0.4, 0.5) is 18.9 Å². The molecule has 0 spiro atoms. The van der Waals surface area contributed by atoms with Crippen LogP contribution in [-0.2, 0) is 16.0 Å². The average molecular weight is 339 g/mol. The fourth-order valence-corrected chi connectivity index (χ4v) is 3.76. The second-order valence-electron chi connectivity index (χ2n) is 3.60. The molecule has 2 rings (SSSR count). The van der Waals surface area contributed by atoms with Crippen molar-refractivity contribution >= 4 is 26.9 Å². The van der Waals surface area contributed by atoms with Gasteiger partial charge in [0, 0.05) is 6.07 Å². The molecule has 0 saturated carbocycles. The molecular formula is C9H4F3N3O4S2. The Morgan fingerprint density at radius 2 is 1.81 bits per heavy atom. The van der Waals surface area contributed by atoms with Crippen molar-refractivity contribution in [2.75, 3.05) is 0 Å². The molecule has 1 heterocycles. The zero-order valence-electron chi connectivity index (χ0n) is 9.73. The molecule has 0 amide bonds. The summed E-state index contributed by atoms with van der Waals surface area (Å²) in [6.45, 7) is 0. The number of hydrogen-bond acceptors (Lipinski definition) is 7. The van der Waals surface area contributed by atoms with Crippen LogP contribution >= 0.6 is 11.3 Å². The van der Waals surface area contributed by atoms with Crippen molar-refractivity contribution in [1.82, 2.24) is 10.2 Å². The third kappa shape index (κ3) is 2.85. The summed E-state index contributed by atoms with van der Waals surface area (Å²) < 4.78 is 60.5. The van der Waals surface area contributed by atoms with Crippen LogP contribution in [0.15, 0.2) is 33.5 Å². The lowest BCUT2D eigenvalue weighted by Crippen LogP contribution is -2.05. The SMILES string of the molecule is O=[N+]([O-])c1ccccc1S(=O)(=O)c1nnc(C(F)(F)F)s1. The van der Waals surface area contributed by atoms with Gasteiger partial charge in [-0.05, 0) is 6.07 Å². The minimum absolute atomic E-state index is 0.196. The van der Waals surface area contributed by atoms with E-state index in [1.807, 2.05) is 0 Å². The fourth-order valence-electron chi connectivity index (χ4n) is 1.36. The van der Waals surface area contributed by atoms with Crippen LogP contribution in [0.3, 0.4) is 0 Å². The van der Waals surface area contributed by atoms with E-state index in [4.69, 9.17) is 0 Å². The second-order valence-corrected chi connectivity index (χ2v) is 6.67. The maximum absolute atomic E-state index is 12.4. The normalized spacial score (nSPS) is 12.3. The number of para-hydroxylation sites is 1. The highest BCUT2D eigenvalue weighted by Crippen LogP contribution is 2.36. The third-order valence-corrected chi connectivity index (χ3v) is 5.37. The molecule has 0 aliphatic carbocycles. The van der Waals surface area contributed by atoms with Gasteiger partial charge < -0.3 is 0 Å². The van der Waals surface area contributed by atoms with Crippen molar-refractivity contribution in [3.63, 3.8) is 0 Å². The molecule has 0 saturated heterocycles. The van der Waals surface area contributed by atoms with Crippen LogP contribution in [0.1, 0.15) is 5.01 Å². The van der Waals surface area contributed by atoms with Gasteiger partial charge in [0.05, 0.1) is 4.92 Å². The zero-order chi connectivity index (χ0) is 15.8. The van der Waals surface area contributed by atoms with E-state index in [-0.39, 0.29) is 11.3 Å². The minimum atomic E-state index is -4.84. The summed E-state index contributed by atoms with van der Waals surface area (Å²) in [4.78, 5) is 9.11. The molecule has 0 unspecified atom stereocenters. The van der Waals surface area contributed by atoms with Gasteiger partial charge in [-0.2, -0.15) is 13.2 Å². The number of halogens is 3. The van der Waals surface area contributed by atoms with Gasteiger partial charge in [0.15, 0.2) is 4.90 Å². The minimum Gasteiger partial charge on any atom is -0.258 e. The number of sulfone groups is 1. The number of nitrogens with zero attached hydrogens (tertiary/aromatic N) is 3. The van der Waals surface area contributed by atoms with Gasteiger partial charge in [-0.1, -0.05) is 23.5 Å². The number of benzene rings is 1. The quantitative estimate of drug-likeness (QED) is 0.628. The molecule has 0 atom stereocenters. The van der Waals surface area contributed by atoms with Crippen molar-refractivity contribution < 1.29 is 26.5 Å². The van der Waals surface area contributed by atoms with Crippen LogP contribution < -0.4 is 0 Å². The monoisotopic (exact) mass is 339 g/mol. The molecule has 0 fully saturated rings. The number of nitro benzene ring substituents is 1. The first-order chi connectivity index (χ1) is 9.64. The van der Waals surface area contributed by atoms with Crippen molar-refractivity contribution in [3.8, 4) is 0 Å². The summed E-state index contributed by atoms with van der Waals surface area (Å²) in [6, 6.07) is 4.30. The molecule has 0 aliphatic heterocycles. The molecule has 12 heteroatoms. The van der Waals surface area contributed by atoms with E-state index < -0.39 is 40.9 Å².